The SMILES string of the molecule is Cc1ccc(CNC(=O)CC(c2ccccc2)c2ccccc2)nn1. The average Bonchev–Trinajstić information content (AvgIpc) is 2.67. The van der Waals surface area contributed by atoms with Crippen LogP contribution in [0.25, 0.3) is 0 Å². The van der Waals surface area contributed by atoms with Gasteiger partial charge in [0.15, 0.2) is 0 Å². The molecule has 0 unspecified atom stereocenters. The van der Waals surface area contributed by atoms with Gasteiger partial charge in [0, 0.05) is 12.3 Å². The first-order chi connectivity index (χ1) is 12.2. The van der Waals surface area contributed by atoms with Gasteiger partial charge in [0.1, 0.15) is 0 Å². The molecule has 0 aliphatic heterocycles. The summed E-state index contributed by atoms with van der Waals surface area (Å²) in [6, 6.07) is 24.0. The number of amides is 1. The number of hydrogen-bond donors (Lipinski definition) is 1. The lowest BCUT2D eigenvalue weighted by Crippen LogP contribution is -2.25. The normalized spacial score (nSPS) is 10.6. The molecule has 1 amide bonds. The van der Waals surface area contributed by atoms with Gasteiger partial charge in [-0.15, -0.1) is 0 Å². The number of hydrogen-bond acceptors (Lipinski definition) is 3. The van der Waals surface area contributed by atoms with E-state index in [1.807, 2.05) is 55.5 Å². The van der Waals surface area contributed by atoms with E-state index in [1.165, 1.54) is 0 Å². The number of aryl methyl sites for hydroxylation is 1. The molecule has 0 fully saturated rings. The predicted molar refractivity (Wildman–Crippen MR) is 98.0 cm³/mol. The Bertz CT molecular complexity index is 762. The van der Waals surface area contributed by atoms with Gasteiger partial charge in [-0.05, 0) is 30.2 Å². The summed E-state index contributed by atoms with van der Waals surface area (Å²) in [4.78, 5) is 12.5. The molecule has 0 aliphatic rings. The maximum atomic E-state index is 12.5. The lowest BCUT2D eigenvalue weighted by Gasteiger charge is -2.17. The van der Waals surface area contributed by atoms with Crippen LogP contribution in [0.15, 0.2) is 72.8 Å². The fourth-order valence-corrected chi connectivity index (χ4v) is 2.77. The maximum absolute atomic E-state index is 12.5. The van der Waals surface area contributed by atoms with Crippen molar-refractivity contribution in [3.05, 3.63) is 95.3 Å². The van der Waals surface area contributed by atoms with Gasteiger partial charge in [-0.2, -0.15) is 10.2 Å². The van der Waals surface area contributed by atoms with Crippen LogP contribution in [0.5, 0.6) is 0 Å². The standard InChI is InChI=1S/C21H21N3O/c1-16-12-13-19(24-23-16)15-22-21(25)14-20(17-8-4-2-5-9-17)18-10-6-3-7-11-18/h2-13,20H,14-15H2,1H3,(H,22,25). The van der Waals surface area contributed by atoms with Crippen molar-refractivity contribution < 1.29 is 4.79 Å². The van der Waals surface area contributed by atoms with Gasteiger partial charge in [-0.3, -0.25) is 4.79 Å². The zero-order valence-corrected chi connectivity index (χ0v) is 14.2. The van der Waals surface area contributed by atoms with Crippen molar-refractivity contribution in [3.63, 3.8) is 0 Å². The first kappa shape index (κ1) is 16.8. The molecule has 1 heterocycles. The molecular weight excluding hydrogens is 310 g/mol. The first-order valence-electron chi connectivity index (χ1n) is 8.38. The summed E-state index contributed by atoms with van der Waals surface area (Å²) in [6.07, 6.45) is 0.396. The van der Waals surface area contributed by atoms with Gasteiger partial charge in [0.2, 0.25) is 5.91 Å². The molecule has 4 nitrogen and oxygen atoms in total. The predicted octanol–water partition coefficient (Wildman–Crippen LogP) is 3.62. The monoisotopic (exact) mass is 331 g/mol. The van der Waals surface area contributed by atoms with Gasteiger partial charge in [0.05, 0.1) is 17.9 Å². The molecule has 0 atom stereocenters. The summed E-state index contributed by atoms with van der Waals surface area (Å²) in [5.74, 6) is 0.0339. The molecule has 0 radical (unpaired) electrons. The van der Waals surface area contributed by atoms with E-state index >= 15 is 0 Å². The van der Waals surface area contributed by atoms with Gasteiger partial charge >= 0.3 is 0 Å². The van der Waals surface area contributed by atoms with Crippen molar-refractivity contribution in [2.24, 2.45) is 0 Å². The maximum Gasteiger partial charge on any atom is 0.221 e. The van der Waals surface area contributed by atoms with Gasteiger partial charge in [-0.25, -0.2) is 0 Å². The second-order valence-electron chi connectivity index (χ2n) is 6.02. The minimum absolute atomic E-state index is 0.0000751. The smallest absolute Gasteiger partial charge is 0.221 e. The molecule has 0 aliphatic carbocycles. The number of benzene rings is 2. The molecule has 0 bridgehead atoms. The Labute approximate surface area is 147 Å². The Hall–Kier alpha value is -3.01. The molecule has 0 saturated carbocycles. The number of nitrogens with one attached hydrogen (secondary N) is 1. The second-order valence-corrected chi connectivity index (χ2v) is 6.02. The highest BCUT2D eigenvalue weighted by molar-refractivity contribution is 5.77. The fourth-order valence-electron chi connectivity index (χ4n) is 2.77. The third-order valence-corrected chi connectivity index (χ3v) is 4.11. The van der Waals surface area contributed by atoms with E-state index < -0.39 is 0 Å². The van der Waals surface area contributed by atoms with E-state index in [4.69, 9.17) is 0 Å². The van der Waals surface area contributed by atoms with Crippen LogP contribution in [-0.4, -0.2) is 16.1 Å². The van der Waals surface area contributed by atoms with Crippen LogP contribution in [0.3, 0.4) is 0 Å². The van der Waals surface area contributed by atoms with Gasteiger partial charge < -0.3 is 5.32 Å². The summed E-state index contributed by atoms with van der Waals surface area (Å²) >= 11 is 0. The van der Waals surface area contributed by atoms with Crippen LogP contribution in [0, 0.1) is 6.92 Å². The highest BCUT2D eigenvalue weighted by Crippen LogP contribution is 2.27. The third-order valence-electron chi connectivity index (χ3n) is 4.11. The Balaban J connectivity index is 1.69. The van der Waals surface area contributed by atoms with Gasteiger partial charge in [-0.1, -0.05) is 60.7 Å². The lowest BCUT2D eigenvalue weighted by atomic mass is 9.88. The first-order valence-corrected chi connectivity index (χ1v) is 8.38. The lowest BCUT2D eigenvalue weighted by molar-refractivity contribution is -0.121. The molecule has 3 rings (SSSR count). The molecular formula is C21H21N3O. The Morgan fingerprint density at radius 3 is 2.00 bits per heavy atom. The van der Waals surface area contributed by atoms with Crippen molar-refractivity contribution in [2.75, 3.05) is 0 Å². The minimum Gasteiger partial charge on any atom is -0.350 e. The number of nitrogens with zero attached hydrogens (tertiary/aromatic N) is 2. The van der Waals surface area contributed by atoms with E-state index in [9.17, 15) is 4.79 Å². The minimum atomic E-state index is 0.0000751. The summed E-state index contributed by atoms with van der Waals surface area (Å²) in [5.41, 5.74) is 3.90. The molecule has 0 saturated heterocycles. The molecule has 2 aromatic carbocycles. The van der Waals surface area contributed by atoms with Crippen LogP contribution < -0.4 is 5.32 Å². The zero-order chi connectivity index (χ0) is 17.5. The Morgan fingerprint density at radius 1 is 0.880 bits per heavy atom. The average molecular weight is 331 g/mol. The van der Waals surface area contributed by atoms with Crippen molar-refractivity contribution in [3.8, 4) is 0 Å². The van der Waals surface area contributed by atoms with Crippen LogP contribution >= 0.6 is 0 Å². The van der Waals surface area contributed by atoms with E-state index in [0.29, 0.717) is 13.0 Å². The topological polar surface area (TPSA) is 54.9 Å². The molecule has 0 spiro atoms. The van der Waals surface area contributed by atoms with Crippen LogP contribution in [0.1, 0.15) is 34.9 Å². The summed E-state index contributed by atoms with van der Waals surface area (Å²) in [7, 11) is 0. The van der Waals surface area contributed by atoms with Crippen LogP contribution in [0.2, 0.25) is 0 Å². The number of aromatic nitrogens is 2. The van der Waals surface area contributed by atoms with E-state index in [0.717, 1.165) is 22.5 Å². The van der Waals surface area contributed by atoms with Crippen molar-refractivity contribution in [1.82, 2.24) is 15.5 Å². The third kappa shape index (κ3) is 4.73. The highest BCUT2D eigenvalue weighted by Gasteiger charge is 2.17. The van der Waals surface area contributed by atoms with Crippen LogP contribution in [-0.2, 0) is 11.3 Å². The molecule has 25 heavy (non-hydrogen) atoms. The molecule has 1 N–H and O–H groups in total. The molecule has 4 heteroatoms. The van der Waals surface area contributed by atoms with E-state index in [1.54, 1.807) is 0 Å². The second kappa shape index (κ2) is 8.20. The van der Waals surface area contributed by atoms with Gasteiger partial charge in [0.25, 0.3) is 0 Å². The number of rotatable bonds is 6. The van der Waals surface area contributed by atoms with Crippen molar-refractivity contribution in [1.29, 1.82) is 0 Å². The molecule has 3 aromatic rings. The summed E-state index contributed by atoms with van der Waals surface area (Å²) in [6.45, 7) is 2.28. The van der Waals surface area contributed by atoms with Crippen molar-refractivity contribution in [2.45, 2.75) is 25.8 Å². The number of carbonyl (C=O) groups excluding carboxylic acids is 1. The summed E-state index contributed by atoms with van der Waals surface area (Å²) in [5, 5.41) is 11.0. The Kier molecular flexibility index (Phi) is 5.52. The summed E-state index contributed by atoms with van der Waals surface area (Å²) < 4.78 is 0. The van der Waals surface area contributed by atoms with Crippen molar-refractivity contribution >= 4 is 5.91 Å². The highest BCUT2D eigenvalue weighted by atomic mass is 16.1. The molecule has 126 valence electrons. The largest absolute Gasteiger partial charge is 0.350 e. The van der Waals surface area contributed by atoms with E-state index in [2.05, 4.69) is 39.8 Å². The quantitative estimate of drug-likeness (QED) is 0.750. The fraction of sp³-hybridized carbons (Fsp3) is 0.190. The van der Waals surface area contributed by atoms with E-state index in [-0.39, 0.29) is 11.8 Å². The molecule has 1 aromatic heterocycles. The number of carbonyl (C=O) groups is 1. The zero-order valence-electron chi connectivity index (χ0n) is 14.2. The van der Waals surface area contributed by atoms with Crippen LogP contribution in [0.4, 0.5) is 0 Å². The Morgan fingerprint density at radius 2 is 1.48 bits per heavy atom.